The lowest BCUT2D eigenvalue weighted by Crippen LogP contribution is -2.48. The van der Waals surface area contributed by atoms with Crippen LogP contribution >= 0.6 is 0 Å². The first-order valence-corrected chi connectivity index (χ1v) is 7.12. The molecule has 0 spiro atoms. The van der Waals surface area contributed by atoms with Gasteiger partial charge in [0.05, 0.1) is 13.2 Å². The molecule has 1 aromatic rings. The van der Waals surface area contributed by atoms with Crippen LogP contribution in [0.1, 0.15) is 37.3 Å². The average molecular weight is 263 g/mol. The van der Waals surface area contributed by atoms with Gasteiger partial charge in [0.2, 0.25) is 0 Å². The van der Waals surface area contributed by atoms with Gasteiger partial charge in [0.1, 0.15) is 5.75 Å². The van der Waals surface area contributed by atoms with Crippen LogP contribution in [0.2, 0.25) is 0 Å². The van der Waals surface area contributed by atoms with Crippen LogP contribution in [0.25, 0.3) is 0 Å². The van der Waals surface area contributed by atoms with Gasteiger partial charge in [-0.3, -0.25) is 0 Å². The van der Waals surface area contributed by atoms with Crippen molar-refractivity contribution in [3.63, 3.8) is 0 Å². The number of ether oxygens (including phenoxy) is 1. The molecule has 0 heterocycles. The minimum absolute atomic E-state index is 0.152. The SMILES string of the molecule is Cc1cccc(C)c1OCCC(C)(CO)NC1CC1. The minimum atomic E-state index is -0.224. The van der Waals surface area contributed by atoms with Crippen LogP contribution in [0.4, 0.5) is 0 Å². The molecule has 3 nitrogen and oxygen atoms in total. The van der Waals surface area contributed by atoms with E-state index in [0.29, 0.717) is 12.6 Å². The highest BCUT2D eigenvalue weighted by Crippen LogP contribution is 2.25. The lowest BCUT2D eigenvalue weighted by Gasteiger charge is -2.29. The summed E-state index contributed by atoms with van der Waals surface area (Å²) in [6.07, 6.45) is 3.27. The van der Waals surface area contributed by atoms with Gasteiger partial charge < -0.3 is 15.2 Å². The van der Waals surface area contributed by atoms with E-state index in [1.165, 1.54) is 24.0 Å². The van der Waals surface area contributed by atoms with Crippen LogP contribution in [0, 0.1) is 13.8 Å². The number of benzene rings is 1. The smallest absolute Gasteiger partial charge is 0.125 e. The second-order valence-electron chi connectivity index (χ2n) is 5.96. The Labute approximate surface area is 116 Å². The Kier molecular flexibility index (Phi) is 4.48. The zero-order valence-electron chi connectivity index (χ0n) is 12.2. The van der Waals surface area contributed by atoms with Crippen LogP contribution < -0.4 is 10.1 Å². The molecule has 106 valence electrons. The molecule has 3 heteroatoms. The van der Waals surface area contributed by atoms with Gasteiger partial charge in [0, 0.05) is 18.0 Å². The normalized spacial score (nSPS) is 18.1. The molecule has 1 unspecified atom stereocenters. The standard InChI is InChI=1S/C16H25NO2/c1-12-5-4-6-13(2)15(12)19-10-9-16(3,11-18)17-14-7-8-14/h4-6,14,17-18H,7-11H2,1-3H3. The predicted octanol–water partition coefficient (Wildman–Crippen LogP) is 2.58. The molecule has 0 saturated heterocycles. The van der Waals surface area contributed by atoms with Crippen molar-refractivity contribution in [2.24, 2.45) is 0 Å². The number of hydrogen-bond donors (Lipinski definition) is 2. The topological polar surface area (TPSA) is 41.5 Å². The van der Waals surface area contributed by atoms with Gasteiger partial charge in [0.15, 0.2) is 0 Å². The average Bonchev–Trinajstić information content (AvgIpc) is 3.17. The van der Waals surface area contributed by atoms with E-state index in [-0.39, 0.29) is 12.1 Å². The van der Waals surface area contributed by atoms with Gasteiger partial charge in [-0.25, -0.2) is 0 Å². The monoisotopic (exact) mass is 263 g/mol. The van der Waals surface area contributed by atoms with Crippen molar-refractivity contribution in [3.8, 4) is 5.75 Å². The molecule has 1 aromatic carbocycles. The van der Waals surface area contributed by atoms with E-state index < -0.39 is 0 Å². The van der Waals surface area contributed by atoms with Crippen molar-refractivity contribution in [2.45, 2.75) is 51.6 Å². The summed E-state index contributed by atoms with van der Waals surface area (Å²) in [4.78, 5) is 0. The van der Waals surface area contributed by atoms with Crippen molar-refractivity contribution in [1.29, 1.82) is 0 Å². The third-order valence-corrected chi connectivity index (χ3v) is 3.79. The van der Waals surface area contributed by atoms with E-state index in [1.807, 2.05) is 6.07 Å². The van der Waals surface area contributed by atoms with E-state index in [2.05, 4.69) is 38.2 Å². The van der Waals surface area contributed by atoms with E-state index in [1.54, 1.807) is 0 Å². The van der Waals surface area contributed by atoms with Gasteiger partial charge in [0.25, 0.3) is 0 Å². The number of hydrogen-bond acceptors (Lipinski definition) is 3. The number of aliphatic hydroxyl groups is 1. The zero-order valence-corrected chi connectivity index (χ0v) is 12.2. The predicted molar refractivity (Wildman–Crippen MR) is 77.7 cm³/mol. The third-order valence-electron chi connectivity index (χ3n) is 3.79. The fraction of sp³-hybridized carbons (Fsp3) is 0.625. The Morgan fingerprint density at radius 2 is 1.95 bits per heavy atom. The fourth-order valence-corrected chi connectivity index (χ4v) is 2.32. The molecule has 0 amide bonds. The van der Waals surface area contributed by atoms with Crippen molar-refractivity contribution < 1.29 is 9.84 Å². The summed E-state index contributed by atoms with van der Waals surface area (Å²) < 4.78 is 5.92. The minimum Gasteiger partial charge on any atom is -0.493 e. The first kappa shape index (κ1) is 14.4. The fourth-order valence-electron chi connectivity index (χ4n) is 2.32. The van der Waals surface area contributed by atoms with E-state index in [4.69, 9.17) is 4.74 Å². The highest BCUT2D eigenvalue weighted by atomic mass is 16.5. The summed E-state index contributed by atoms with van der Waals surface area (Å²) in [5.41, 5.74) is 2.11. The summed E-state index contributed by atoms with van der Waals surface area (Å²) in [5, 5.41) is 13.1. The van der Waals surface area contributed by atoms with Crippen LogP contribution in [-0.2, 0) is 0 Å². The van der Waals surface area contributed by atoms with Crippen molar-refractivity contribution in [3.05, 3.63) is 29.3 Å². The Bertz CT molecular complexity index is 409. The molecule has 0 aromatic heterocycles. The van der Waals surface area contributed by atoms with Crippen LogP contribution in [0.3, 0.4) is 0 Å². The molecular formula is C16H25NO2. The maximum atomic E-state index is 9.55. The lowest BCUT2D eigenvalue weighted by molar-refractivity contribution is 0.142. The summed E-state index contributed by atoms with van der Waals surface area (Å²) in [6, 6.07) is 6.77. The van der Waals surface area contributed by atoms with Crippen LogP contribution in [-0.4, -0.2) is 29.9 Å². The molecule has 1 saturated carbocycles. The molecule has 2 N–H and O–H groups in total. The highest BCUT2D eigenvalue weighted by molar-refractivity contribution is 5.39. The first-order chi connectivity index (χ1) is 9.04. The number of nitrogens with one attached hydrogen (secondary N) is 1. The molecule has 1 aliphatic carbocycles. The molecule has 19 heavy (non-hydrogen) atoms. The molecule has 0 radical (unpaired) electrons. The molecule has 1 atom stereocenters. The molecular weight excluding hydrogens is 238 g/mol. The third kappa shape index (κ3) is 3.95. The van der Waals surface area contributed by atoms with E-state index in [0.717, 1.165) is 12.2 Å². The Morgan fingerprint density at radius 3 is 2.47 bits per heavy atom. The van der Waals surface area contributed by atoms with Gasteiger partial charge in [-0.05, 0) is 44.7 Å². The lowest BCUT2D eigenvalue weighted by atomic mass is 9.99. The number of rotatable bonds is 7. The van der Waals surface area contributed by atoms with Gasteiger partial charge in [-0.2, -0.15) is 0 Å². The van der Waals surface area contributed by atoms with Gasteiger partial charge in [-0.15, -0.1) is 0 Å². The second-order valence-corrected chi connectivity index (χ2v) is 5.96. The molecule has 0 bridgehead atoms. The Balaban J connectivity index is 1.87. The summed E-state index contributed by atoms with van der Waals surface area (Å²) in [7, 11) is 0. The summed E-state index contributed by atoms with van der Waals surface area (Å²) in [6.45, 7) is 6.98. The van der Waals surface area contributed by atoms with Crippen molar-refractivity contribution in [1.82, 2.24) is 5.32 Å². The largest absolute Gasteiger partial charge is 0.493 e. The van der Waals surface area contributed by atoms with Gasteiger partial charge >= 0.3 is 0 Å². The van der Waals surface area contributed by atoms with Crippen molar-refractivity contribution >= 4 is 0 Å². The summed E-state index contributed by atoms with van der Waals surface area (Å²) in [5.74, 6) is 0.981. The van der Waals surface area contributed by atoms with Crippen LogP contribution in [0.15, 0.2) is 18.2 Å². The second kappa shape index (κ2) is 5.93. The van der Waals surface area contributed by atoms with Gasteiger partial charge in [-0.1, -0.05) is 18.2 Å². The zero-order chi connectivity index (χ0) is 13.9. The maximum Gasteiger partial charge on any atom is 0.125 e. The first-order valence-electron chi connectivity index (χ1n) is 7.12. The Hall–Kier alpha value is -1.06. The Morgan fingerprint density at radius 1 is 1.32 bits per heavy atom. The molecule has 1 aliphatic rings. The van der Waals surface area contributed by atoms with Crippen molar-refractivity contribution in [2.75, 3.05) is 13.2 Å². The molecule has 2 rings (SSSR count). The quantitative estimate of drug-likeness (QED) is 0.794. The summed E-state index contributed by atoms with van der Waals surface area (Å²) >= 11 is 0. The molecule has 1 fully saturated rings. The number of aliphatic hydroxyl groups excluding tert-OH is 1. The molecule has 0 aliphatic heterocycles. The number of para-hydroxylation sites is 1. The van der Waals surface area contributed by atoms with E-state index in [9.17, 15) is 5.11 Å². The maximum absolute atomic E-state index is 9.55. The highest BCUT2D eigenvalue weighted by Gasteiger charge is 2.31. The number of aryl methyl sites for hydroxylation is 2. The van der Waals surface area contributed by atoms with E-state index >= 15 is 0 Å². The van der Waals surface area contributed by atoms with Crippen LogP contribution in [0.5, 0.6) is 5.75 Å².